The van der Waals surface area contributed by atoms with Crippen molar-refractivity contribution >= 4 is 11.9 Å². The number of benzene rings is 3. The van der Waals surface area contributed by atoms with Crippen LogP contribution in [-0.2, 0) is 27.3 Å². The predicted molar refractivity (Wildman–Crippen MR) is 116 cm³/mol. The second-order valence-electron chi connectivity index (χ2n) is 6.94. The minimum atomic E-state index is -0.862. The van der Waals surface area contributed by atoms with Crippen LogP contribution in [-0.4, -0.2) is 25.1 Å². The van der Waals surface area contributed by atoms with Crippen LogP contribution in [0.2, 0.25) is 0 Å². The second kappa shape index (κ2) is 10.3. The smallest absolute Gasteiger partial charge is 0.311 e. The Bertz CT molecular complexity index is 966. The van der Waals surface area contributed by atoms with Crippen molar-refractivity contribution < 1.29 is 19.1 Å². The van der Waals surface area contributed by atoms with Gasteiger partial charge in [0.05, 0.1) is 13.5 Å². The van der Waals surface area contributed by atoms with Gasteiger partial charge in [0.15, 0.2) is 6.10 Å². The Balaban J connectivity index is 1.47. The van der Waals surface area contributed by atoms with Crippen molar-refractivity contribution in [2.24, 2.45) is 0 Å². The molecule has 0 heterocycles. The number of methoxy groups -OCH3 is 1. The van der Waals surface area contributed by atoms with Crippen LogP contribution in [0.15, 0.2) is 78.9 Å². The molecule has 0 spiro atoms. The van der Waals surface area contributed by atoms with Gasteiger partial charge in [0.25, 0.3) is 5.91 Å². The summed E-state index contributed by atoms with van der Waals surface area (Å²) in [5.41, 5.74) is 3.97. The zero-order valence-corrected chi connectivity index (χ0v) is 17.1. The molecule has 154 valence electrons. The molecule has 0 aromatic heterocycles. The molecule has 5 heteroatoms. The molecule has 5 nitrogen and oxygen atoms in total. The van der Waals surface area contributed by atoms with E-state index in [2.05, 4.69) is 5.32 Å². The van der Waals surface area contributed by atoms with Gasteiger partial charge in [-0.1, -0.05) is 66.7 Å². The van der Waals surface area contributed by atoms with Crippen LogP contribution >= 0.6 is 0 Å². The van der Waals surface area contributed by atoms with Crippen LogP contribution in [0, 0.1) is 0 Å². The van der Waals surface area contributed by atoms with Gasteiger partial charge in [-0.3, -0.25) is 9.59 Å². The molecule has 0 radical (unpaired) electrons. The van der Waals surface area contributed by atoms with E-state index in [0.717, 1.165) is 28.0 Å². The van der Waals surface area contributed by atoms with Crippen molar-refractivity contribution in [3.05, 3.63) is 90.0 Å². The minimum absolute atomic E-state index is 0.116. The van der Waals surface area contributed by atoms with Gasteiger partial charge in [-0.2, -0.15) is 0 Å². The summed E-state index contributed by atoms with van der Waals surface area (Å²) in [5, 5.41) is 2.77. The lowest BCUT2D eigenvalue weighted by molar-refractivity contribution is -0.154. The summed E-state index contributed by atoms with van der Waals surface area (Å²) >= 11 is 0. The Labute approximate surface area is 176 Å². The van der Waals surface area contributed by atoms with E-state index >= 15 is 0 Å². The Hall–Kier alpha value is -3.60. The van der Waals surface area contributed by atoms with Gasteiger partial charge in [-0.05, 0) is 41.3 Å². The number of nitrogens with one attached hydrogen (secondary N) is 1. The molecule has 0 bridgehead atoms. The van der Waals surface area contributed by atoms with Gasteiger partial charge in [-0.15, -0.1) is 0 Å². The average molecular weight is 403 g/mol. The fraction of sp³-hybridized carbons (Fsp3) is 0.200. The lowest BCUT2D eigenvalue weighted by atomic mass is 10.0. The lowest BCUT2D eigenvalue weighted by Gasteiger charge is -2.14. The monoisotopic (exact) mass is 403 g/mol. The summed E-state index contributed by atoms with van der Waals surface area (Å²) in [4.78, 5) is 24.4. The van der Waals surface area contributed by atoms with E-state index in [-0.39, 0.29) is 12.3 Å². The molecule has 3 rings (SSSR count). The van der Waals surface area contributed by atoms with Crippen LogP contribution in [0.1, 0.15) is 18.1 Å². The highest BCUT2D eigenvalue weighted by atomic mass is 16.5. The summed E-state index contributed by atoms with van der Waals surface area (Å²) < 4.78 is 10.4. The SMILES string of the molecule is COc1ccc(CNC(=O)[C@H](C)OC(=O)Cc2ccc(-c3ccccc3)cc2)cc1. The molecule has 1 amide bonds. The van der Waals surface area contributed by atoms with Gasteiger partial charge in [0, 0.05) is 6.54 Å². The number of esters is 1. The molecule has 30 heavy (non-hydrogen) atoms. The van der Waals surface area contributed by atoms with E-state index in [4.69, 9.17) is 9.47 Å². The van der Waals surface area contributed by atoms with Crippen molar-refractivity contribution in [1.82, 2.24) is 5.32 Å². The van der Waals surface area contributed by atoms with E-state index in [1.165, 1.54) is 0 Å². The van der Waals surface area contributed by atoms with Crippen LogP contribution in [0.25, 0.3) is 11.1 Å². The summed E-state index contributed by atoms with van der Waals surface area (Å²) in [6.07, 6.45) is -0.745. The van der Waals surface area contributed by atoms with E-state index in [0.29, 0.717) is 6.54 Å². The zero-order valence-electron chi connectivity index (χ0n) is 17.1. The topological polar surface area (TPSA) is 64.6 Å². The van der Waals surface area contributed by atoms with E-state index in [1.807, 2.05) is 78.9 Å². The molecule has 3 aromatic carbocycles. The molecule has 0 aliphatic carbocycles. The number of carbonyl (C=O) groups is 2. The van der Waals surface area contributed by atoms with Crippen LogP contribution in [0.4, 0.5) is 0 Å². The van der Waals surface area contributed by atoms with Crippen molar-refractivity contribution in [3.63, 3.8) is 0 Å². The average Bonchev–Trinajstić information content (AvgIpc) is 2.78. The normalized spacial score (nSPS) is 11.4. The summed E-state index contributed by atoms with van der Waals surface area (Å²) in [7, 11) is 1.60. The standard InChI is InChI=1S/C25H25NO4/c1-18(25(28)26-17-20-10-14-23(29-2)15-11-20)30-24(27)16-19-8-12-22(13-9-19)21-6-4-3-5-7-21/h3-15,18H,16-17H2,1-2H3,(H,26,28)/t18-/m0/s1. The molecule has 1 atom stereocenters. The number of amides is 1. The fourth-order valence-electron chi connectivity index (χ4n) is 2.98. The lowest BCUT2D eigenvalue weighted by Crippen LogP contribution is -2.35. The van der Waals surface area contributed by atoms with Crippen molar-refractivity contribution in [2.45, 2.75) is 26.0 Å². The number of hydrogen-bond acceptors (Lipinski definition) is 4. The molecule has 0 aliphatic rings. The third kappa shape index (κ3) is 5.95. The molecule has 1 N–H and O–H groups in total. The maximum atomic E-state index is 12.2. The molecule has 0 aliphatic heterocycles. The summed E-state index contributed by atoms with van der Waals surface area (Å²) in [6, 6.07) is 25.2. The largest absolute Gasteiger partial charge is 0.497 e. The second-order valence-corrected chi connectivity index (χ2v) is 6.94. The first-order valence-corrected chi connectivity index (χ1v) is 9.79. The van der Waals surface area contributed by atoms with Gasteiger partial charge < -0.3 is 14.8 Å². The minimum Gasteiger partial charge on any atom is -0.497 e. The van der Waals surface area contributed by atoms with Crippen molar-refractivity contribution in [2.75, 3.05) is 7.11 Å². The van der Waals surface area contributed by atoms with E-state index in [1.54, 1.807) is 14.0 Å². The Kier molecular flexibility index (Phi) is 7.22. The highest BCUT2D eigenvalue weighted by molar-refractivity contribution is 5.84. The molecule has 0 saturated heterocycles. The van der Waals surface area contributed by atoms with E-state index < -0.39 is 12.1 Å². The van der Waals surface area contributed by atoms with Gasteiger partial charge in [0.1, 0.15) is 5.75 Å². The third-order valence-electron chi connectivity index (χ3n) is 4.71. The highest BCUT2D eigenvalue weighted by Crippen LogP contribution is 2.19. The Morgan fingerprint density at radius 2 is 1.43 bits per heavy atom. The molecule has 0 unspecified atom stereocenters. The molecule has 0 saturated carbocycles. The maximum absolute atomic E-state index is 12.2. The predicted octanol–water partition coefficient (Wildman–Crippen LogP) is 4.15. The molecule has 3 aromatic rings. The number of rotatable bonds is 8. The molecular formula is C25H25NO4. The van der Waals surface area contributed by atoms with Crippen molar-refractivity contribution in [3.8, 4) is 16.9 Å². The number of hydrogen-bond donors (Lipinski definition) is 1. The van der Waals surface area contributed by atoms with Gasteiger partial charge in [0.2, 0.25) is 0 Å². The zero-order chi connectivity index (χ0) is 21.3. The maximum Gasteiger partial charge on any atom is 0.311 e. The van der Waals surface area contributed by atoms with Gasteiger partial charge >= 0.3 is 5.97 Å². The van der Waals surface area contributed by atoms with Crippen molar-refractivity contribution in [1.29, 1.82) is 0 Å². The Morgan fingerprint density at radius 1 is 0.833 bits per heavy atom. The quantitative estimate of drug-likeness (QED) is 0.574. The van der Waals surface area contributed by atoms with E-state index in [9.17, 15) is 9.59 Å². The van der Waals surface area contributed by atoms with Gasteiger partial charge in [-0.25, -0.2) is 0 Å². The van der Waals surface area contributed by atoms with Crippen LogP contribution < -0.4 is 10.1 Å². The van der Waals surface area contributed by atoms with Crippen LogP contribution in [0.5, 0.6) is 5.75 Å². The first-order chi connectivity index (χ1) is 14.5. The number of carbonyl (C=O) groups excluding carboxylic acids is 2. The number of ether oxygens (including phenoxy) is 2. The summed E-state index contributed by atoms with van der Waals surface area (Å²) in [6.45, 7) is 1.92. The first-order valence-electron chi connectivity index (χ1n) is 9.79. The Morgan fingerprint density at radius 3 is 2.07 bits per heavy atom. The summed E-state index contributed by atoms with van der Waals surface area (Å²) in [5.74, 6) is -0.0164. The highest BCUT2D eigenvalue weighted by Gasteiger charge is 2.17. The third-order valence-corrected chi connectivity index (χ3v) is 4.71. The first kappa shape index (κ1) is 21.1. The van der Waals surface area contributed by atoms with Crippen LogP contribution in [0.3, 0.4) is 0 Å². The molecule has 0 fully saturated rings. The fourth-order valence-corrected chi connectivity index (χ4v) is 2.98. The molecular weight excluding hydrogens is 378 g/mol.